The van der Waals surface area contributed by atoms with Gasteiger partial charge in [-0.3, -0.25) is 4.90 Å². The van der Waals surface area contributed by atoms with Crippen molar-refractivity contribution in [3.05, 3.63) is 27.7 Å². The maximum absolute atomic E-state index is 9.93. The minimum absolute atomic E-state index is 0.148. The molecule has 1 aliphatic rings. The van der Waals surface area contributed by atoms with E-state index >= 15 is 0 Å². The molecule has 1 saturated heterocycles. The van der Waals surface area contributed by atoms with Gasteiger partial charge >= 0.3 is 0 Å². The number of rotatable bonds is 3. The monoisotopic (exact) mass is 288 g/mol. The molecule has 0 spiro atoms. The highest BCUT2D eigenvalue weighted by Crippen LogP contribution is 2.32. The van der Waals surface area contributed by atoms with Gasteiger partial charge in [-0.2, -0.15) is 0 Å². The van der Waals surface area contributed by atoms with Gasteiger partial charge in [-0.25, -0.2) is 0 Å². The lowest BCUT2D eigenvalue weighted by atomic mass is 10.2. The first kappa shape index (κ1) is 13.9. The Balaban J connectivity index is 2.07. The van der Waals surface area contributed by atoms with E-state index in [4.69, 9.17) is 23.2 Å². The SMILES string of the molecule is CN(C)C1CCN(Cc2cc(Cl)cc(Cl)c2O)C1. The molecule has 1 aromatic rings. The molecule has 1 unspecified atom stereocenters. The van der Waals surface area contributed by atoms with Crippen LogP contribution in [-0.4, -0.2) is 48.1 Å². The minimum Gasteiger partial charge on any atom is -0.506 e. The van der Waals surface area contributed by atoms with Gasteiger partial charge in [0.05, 0.1) is 5.02 Å². The van der Waals surface area contributed by atoms with Crippen molar-refractivity contribution in [1.82, 2.24) is 9.80 Å². The second-order valence-corrected chi connectivity index (χ2v) is 5.88. The largest absolute Gasteiger partial charge is 0.506 e. The first-order valence-corrected chi connectivity index (χ1v) is 6.78. The summed E-state index contributed by atoms with van der Waals surface area (Å²) in [6, 6.07) is 3.93. The van der Waals surface area contributed by atoms with Gasteiger partial charge in [-0.1, -0.05) is 23.2 Å². The number of likely N-dealkylation sites (N-methyl/N-ethyl adjacent to an activating group) is 1. The molecule has 1 aliphatic heterocycles. The van der Waals surface area contributed by atoms with Crippen LogP contribution in [0.4, 0.5) is 0 Å². The molecule has 1 aromatic carbocycles. The summed E-state index contributed by atoms with van der Waals surface area (Å²) >= 11 is 11.9. The van der Waals surface area contributed by atoms with E-state index in [1.165, 1.54) is 0 Å². The summed E-state index contributed by atoms with van der Waals surface area (Å²) in [4.78, 5) is 4.55. The molecule has 1 atom stereocenters. The Morgan fingerprint density at radius 2 is 2.11 bits per heavy atom. The Kier molecular flexibility index (Phi) is 4.38. The number of nitrogens with zero attached hydrogens (tertiary/aromatic N) is 2. The van der Waals surface area contributed by atoms with Crippen LogP contribution in [0.5, 0.6) is 5.75 Å². The van der Waals surface area contributed by atoms with Crippen molar-refractivity contribution in [2.45, 2.75) is 19.0 Å². The van der Waals surface area contributed by atoms with Crippen LogP contribution in [0.1, 0.15) is 12.0 Å². The molecule has 18 heavy (non-hydrogen) atoms. The summed E-state index contributed by atoms with van der Waals surface area (Å²) in [5.41, 5.74) is 0.798. The van der Waals surface area contributed by atoms with Crippen molar-refractivity contribution >= 4 is 23.2 Å². The predicted octanol–water partition coefficient (Wildman–Crippen LogP) is 2.83. The van der Waals surface area contributed by atoms with E-state index in [1.54, 1.807) is 12.1 Å². The third-order valence-electron chi connectivity index (χ3n) is 3.48. The molecule has 0 aliphatic carbocycles. The summed E-state index contributed by atoms with van der Waals surface area (Å²) in [7, 11) is 4.20. The Morgan fingerprint density at radius 3 is 2.72 bits per heavy atom. The highest BCUT2D eigenvalue weighted by atomic mass is 35.5. The van der Waals surface area contributed by atoms with Gasteiger partial charge in [-0.05, 0) is 32.6 Å². The Hall–Kier alpha value is -0.480. The third-order valence-corrected chi connectivity index (χ3v) is 3.99. The van der Waals surface area contributed by atoms with Crippen LogP contribution in [0.25, 0.3) is 0 Å². The minimum atomic E-state index is 0.148. The number of phenols is 1. The third kappa shape index (κ3) is 3.09. The first-order chi connectivity index (χ1) is 8.47. The Morgan fingerprint density at radius 1 is 1.39 bits per heavy atom. The van der Waals surface area contributed by atoms with E-state index in [9.17, 15) is 5.11 Å². The number of halogens is 2. The number of likely N-dealkylation sites (tertiary alicyclic amines) is 1. The number of phenolic OH excluding ortho intramolecular Hbond substituents is 1. The lowest BCUT2D eigenvalue weighted by molar-refractivity contribution is 0.263. The standard InChI is InChI=1S/C13H18Cl2N2O/c1-16(2)11-3-4-17(8-11)7-9-5-10(14)6-12(15)13(9)18/h5-6,11,18H,3-4,7-8H2,1-2H3. The normalized spacial score (nSPS) is 20.8. The zero-order valence-electron chi connectivity index (χ0n) is 10.7. The average Bonchev–Trinajstić information content (AvgIpc) is 2.74. The van der Waals surface area contributed by atoms with Crippen molar-refractivity contribution in [1.29, 1.82) is 0 Å². The first-order valence-electron chi connectivity index (χ1n) is 6.03. The number of aromatic hydroxyl groups is 1. The van der Waals surface area contributed by atoms with Crippen molar-refractivity contribution in [3.8, 4) is 5.75 Å². The molecule has 0 radical (unpaired) electrons. The fourth-order valence-electron chi connectivity index (χ4n) is 2.36. The second-order valence-electron chi connectivity index (χ2n) is 5.04. The Bertz CT molecular complexity index is 437. The molecule has 3 nitrogen and oxygen atoms in total. The van der Waals surface area contributed by atoms with Crippen molar-refractivity contribution in [2.24, 2.45) is 0 Å². The van der Waals surface area contributed by atoms with Crippen LogP contribution < -0.4 is 0 Å². The fourth-order valence-corrected chi connectivity index (χ4v) is 2.89. The fraction of sp³-hybridized carbons (Fsp3) is 0.538. The van der Waals surface area contributed by atoms with E-state index in [-0.39, 0.29) is 5.75 Å². The molecule has 5 heteroatoms. The van der Waals surface area contributed by atoms with Crippen LogP contribution in [0, 0.1) is 0 Å². The summed E-state index contributed by atoms with van der Waals surface area (Å²) in [6.45, 7) is 2.74. The number of hydrogen-bond acceptors (Lipinski definition) is 3. The van der Waals surface area contributed by atoms with Gasteiger partial charge < -0.3 is 10.0 Å². The van der Waals surface area contributed by atoms with Crippen LogP contribution >= 0.6 is 23.2 Å². The van der Waals surface area contributed by atoms with Gasteiger partial charge in [0.15, 0.2) is 0 Å². The number of hydrogen-bond donors (Lipinski definition) is 1. The van der Waals surface area contributed by atoms with Crippen LogP contribution in [0.3, 0.4) is 0 Å². The van der Waals surface area contributed by atoms with Gasteiger partial charge in [0.25, 0.3) is 0 Å². The quantitative estimate of drug-likeness (QED) is 0.927. The molecule has 1 heterocycles. The van der Waals surface area contributed by atoms with Crippen LogP contribution in [-0.2, 0) is 6.54 Å². The van der Waals surface area contributed by atoms with Crippen LogP contribution in [0.2, 0.25) is 10.0 Å². The lowest BCUT2D eigenvalue weighted by Gasteiger charge is -2.20. The molecule has 0 amide bonds. The van der Waals surface area contributed by atoms with Gasteiger partial charge in [0.2, 0.25) is 0 Å². The summed E-state index contributed by atoms with van der Waals surface area (Å²) < 4.78 is 0. The van der Waals surface area contributed by atoms with Gasteiger partial charge in [-0.15, -0.1) is 0 Å². The molecule has 1 N–H and O–H groups in total. The topological polar surface area (TPSA) is 26.7 Å². The van der Waals surface area contributed by atoms with E-state index in [2.05, 4.69) is 23.9 Å². The molecule has 1 fully saturated rings. The van der Waals surface area contributed by atoms with Gasteiger partial charge in [0, 0.05) is 36.3 Å². The van der Waals surface area contributed by atoms with Crippen molar-refractivity contribution < 1.29 is 5.11 Å². The van der Waals surface area contributed by atoms with Gasteiger partial charge in [0.1, 0.15) is 5.75 Å². The maximum atomic E-state index is 9.93. The van der Waals surface area contributed by atoms with E-state index in [0.717, 1.165) is 25.1 Å². The molecule has 0 bridgehead atoms. The maximum Gasteiger partial charge on any atom is 0.138 e. The van der Waals surface area contributed by atoms with E-state index in [0.29, 0.717) is 22.6 Å². The van der Waals surface area contributed by atoms with E-state index in [1.807, 2.05) is 0 Å². The van der Waals surface area contributed by atoms with Crippen molar-refractivity contribution in [2.75, 3.05) is 27.2 Å². The molecule has 2 rings (SSSR count). The molecule has 100 valence electrons. The number of benzene rings is 1. The summed E-state index contributed by atoms with van der Waals surface area (Å²) in [5, 5.41) is 10.8. The van der Waals surface area contributed by atoms with Crippen LogP contribution in [0.15, 0.2) is 12.1 Å². The smallest absolute Gasteiger partial charge is 0.138 e. The zero-order valence-corrected chi connectivity index (χ0v) is 12.2. The lowest BCUT2D eigenvalue weighted by Crippen LogP contribution is -2.31. The summed E-state index contributed by atoms with van der Waals surface area (Å²) in [5.74, 6) is 0.148. The summed E-state index contributed by atoms with van der Waals surface area (Å²) in [6.07, 6.45) is 1.15. The van der Waals surface area contributed by atoms with Crippen molar-refractivity contribution in [3.63, 3.8) is 0 Å². The highest BCUT2D eigenvalue weighted by Gasteiger charge is 2.24. The second kappa shape index (κ2) is 5.66. The van der Waals surface area contributed by atoms with E-state index < -0.39 is 0 Å². The Labute approximate surface area is 118 Å². The molecular weight excluding hydrogens is 271 g/mol. The molecular formula is C13H18Cl2N2O. The highest BCUT2D eigenvalue weighted by molar-refractivity contribution is 6.35. The predicted molar refractivity (Wildman–Crippen MR) is 75.5 cm³/mol. The molecule has 0 aromatic heterocycles. The molecule has 0 saturated carbocycles. The average molecular weight is 289 g/mol. The zero-order chi connectivity index (χ0) is 13.3.